The van der Waals surface area contributed by atoms with Crippen molar-refractivity contribution in [2.45, 2.75) is 75.3 Å². The van der Waals surface area contributed by atoms with E-state index in [1.165, 1.54) is 48.7 Å². The molecule has 270 valence electrons. The Hall–Kier alpha value is -5.14. The lowest BCUT2D eigenvalue weighted by Gasteiger charge is -2.22. The van der Waals surface area contributed by atoms with Crippen molar-refractivity contribution in [1.82, 2.24) is 20.4 Å². The highest BCUT2D eigenvalue weighted by molar-refractivity contribution is 5.94. The fourth-order valence-corrected chi connectivity index (χ4v) is 6.30. The number of aromatic nitrogens is 2. The van der Waals surface area contributed by atoms with Gasteiger partial charge in [0.1, 0.15) is 11.7 Å². The number of hydrogen-bond acceptors (Lipinski definition) is 4. The largest absolute Gasteiger partial charge is 0.480 e. The number of nitrogens with zero attached hydrogens (tertiary/aromatic N) is 2. The Morgan fingerprint density at radius 1 is 0.843 bits per heavy atom. The van der Waals surface area contributed by atoms with Crippen molar-refractivity contribution in [3.63, 3.8) is 0 Å². The molecule has 51 heavy (non-hydrogen) atoms. The Bertz CT molecular complexity index is 1850. The van der Waals surface area contributed by atoms with E-state index in [0.29, 0.717) is 11.6 Å². The molecular formula is C37H36F6N4O4. The van der Waals surface area contributed by atoms with E-state index >= 15 is 0 Å². The summed E-state index contributed by atoms with van der Waals surface area (Å²) in [6, 6.07) is 14.3. The van der Waals surface area contributed by atoms with Crippen LogP contribution in [0.25, 0.3) is 11.3 Å². The van der Waals surface area contributed by atoms with Crippen LogP contribution in [0.15, 0.2) is 78.9 Å². The molecule has 3 N–H and O–H groups in total. The molecule has 0 radical (unpaired) electrons. The standard InChI is InChI=1S/C37H36F6N4O4/c1-47-32(20-30(46-47)25-14-12-24(13-15-25)23-6-3-2-4-7-23)34(49)45-29(26-8-5-9-28(19-26)37(41,42)43)21-33(48)44-31(35(50)51)18-22-10-16-27(17-11-22)36(38,39)40/h5,8-17,19-20,23,29,31H,2-4,6-7,18,21H2,1H3,(H,44,48)(H,45,49)(H,50,51)/t29?,31-/m0/s1. The molecule has 0 aliphatic heterocycles. The summed E-state index contributed by atoms with van der Waals surface area (Å²) in [6.45, 7) is 0. The van der Waals surface area contributed by atoms with Crippen LogP contribution in [-0.2, 0) is 35.4 Å². The second kappa shape index (κ2) is 15.4. The molecule has 2 amide bonds. The van der Waals surface area contributed by atoms with E-state index in [4.69, 9.17) is 0 Å². The summed E-state index contributed by atoms with van der Waals surface area (Å²) in [4.78, 5) is 38.8. The fourth-order valence-electron chi connectivity index (χ4n) is 6.30. The summed E-state index contributed by atoms with van der Waals surface area (Å²) in [5.74, 6) is -2.67. The highest BCUT2D eigenvalue weighted by Crippen LogP contribution is 2.34. The number of hydrogen-bond donors (Lipinski definition) is 3. The van der Waals surface area contributed by atoms with E-state index < -0.39 is 59.8 Å². The Kier molecular flexibility index (Phi) is 11.2. The van der Waals surface area contributed by atoms with Crippen LogP contribution in [0.5, 0.6) is 0 Å². The predicted molar refractivity (Wildman–Crippen MR) is 175 cm³/mol. The zero-order valence-corrected chi connectivity index (χ0v) is 27.5. The highest BCUT2D eigenvalue weighted by Gasteiger charge is 2.33. The SMILES string of the molecule is Cn1nc(-c2ccc(C3CCCCC3)cc2)cc1C(=O)NC(CC(=O)N[C@@H](Cc1ccc(C(F)(F)F)cc1)C(=O)O)c1cccc(C(F)(F)F)c1. The van der Waals surface area contributed by atoms with Crippen LogP contribution in [0, 0.1) is 0 Å². The number of amides is 2. The minimum Gasteiger partial charge on any atom is -0.480 e. The van der Waals surface area contributed by atoms with Crippen LogP contribution in [0.3, 0.4) is 0 Å². The van der Waals surface area contributed by atoms with Crippen molar-refractivity contribution in [1.29, 1.82) is 0 Å². The van der Waals surface area contributed by atoms with Gasteiger partial charge in [0.05, 0.1) is 29.3 Å². The first-order valence-corrected chi connectivity index (χ1v) is 16.4. The molecule has 1 aliphatic carbocycles. The third-order valence-electron chi connectivity index (χ3n) is 9.06. The van der Waals surface area contributed by atoms with Gasteiger partial charge in [-0.05, 0) is 65.8 Å². The highest BCUT2D eigenvalue weighted by atomic mass is 19.4. The molecule has 1 unspecified atom stereocenters. The van der Waals surface area contributed by atoms with Gasteiger partial charge in [-0.3, -0.25) is 14.3 Å². The molecule has 0 spiro atoms. The number of benzene rings is 3. The molecule has 1 saturated carbocycles. The van der Waals surface area contributed by atoms with Crippen molar-refractivity contribution < 1.29 is 45.8 Å². The minimum atomic E-state index is -4.73. The quantitative estimate of drug-likeness (QED) is 0.137. The molecule has 2 atom stereocenters. The topological polar surface area (TPSA) is 113 Å². The average molecular weight is 715 g/mol. The molecule has 1 heterocycles. The number of aliphatic carboxylic acids is 1. The molecule has 14 heteroatoms. The van der Waals surface area contributed by atoms with Gasteiger partial charge in [0.25, 0.3) is 5.91 Å². The summed E-state index contributed by atoms with van der Waals surface area (Å²) in [6.07, 6.45) is -4.47. The number of nitrogens with one attached hydrogen (secondary N) is 2. The summed E-state index contributed by atoms with van der Waals surface area (Å²) >= 11 is 0. The smallest absolute Gasteiger partial charge is 0.416 e. The Balaban J connectivity index is 1.34. The van der Waals surface area contributed by atoms with Crippen LogP contribution in [0.2, 0.25) is 0 Å². The predicted octanol–water partition coefficient (Wildman–Crippen LogP) is 7.85. The first-order valence-electron chi connectivity index (χ1n) is 16.4. The van der Waals surface area contributed by atoms with E-state index in [1.54, 1.807) is 0 Å². The molecule has 3 aromatic carbocycles. The molecule has 0 saturated heterocycles. The summed E-state index contributed by atoms with van der Waals surface area (Å²) in [5, 5.41) is 19.1. The van der Waals surface area contributed by atoms with Crippen molar-refractivity contribution in [3.8, 4) is 11.3 Å². The lowest BCUT2D eigenvalue weighted by molar-refractivity contribution is -0.142. The van der Waals surface area contributed by atoms with E-state index in [-0.39, 0.29) is 23.2 Å². The van der Waals surface area contributed by atoms with E-state index in [9.17, 15) is 45.8 Å². The number of carbonyl (C=O) groups is 3. The van der Waals surface area contributed by atoms with Crippen molar-refractivity contribution in [3.05, 3.63) is 112 Å². The van der Waals surface area contributed by atoms with E-state index in [2.05, 4.69) is 15.7 Å². The van der Waals surface area contributed by atoms with Gasteiger partial charge in [-0.25, -0.2) is 4.79 Å². The van der Waals surface area contributed by atoms with Gasteiger partial charge in [-0.15, -0.1) is 0 Å². The number of aryl methyl sites for hydroxylation is 1. The monoisotopic (exact) mass is 714 g/mol. The maximum absolute atomic E-state index is 13.6. The maximum Gasteiger partial charge on any atom is 0.416 e. The molecular weight excluding hydrogens is 678 g/mol. The number of carbonyl (C=O) groups excluding carboxylic acids is 2. The fraction of sp³-hybridized carbons (Fsp3) is 0.351. The third-order valence-corrected chi connectivity index (χ3v) is 9.06. The van der Waals surface area contributed by atoms with Crippen LogP contribution >= 0.6 is 0 Å². The number of rotatable bonds is 11. The second-order valence-electron chi connectivity index (χ2n) is 12.7. The summed E-state index contributed by atoms with van der Waals surface area (Å²) in [7, 11) is 1.53. The molecule has 8 nitrogen and oxygen atoms in total. The average Bonchev–Trinajstić information content (AvgIpc) is 3.49. The van der Waals surface area contributed by atoms with Gasteiger partial charge in [0.2, 0.25) is 5.91 Å². The minimum absolute atomic E-state index is 0.0597. The van der Waals surface area contributed by atoms with Crippen molar-refractivity contribution in [2.24, 2.45) is 7.05 Å². The van der Waals surface area contributed by atoms with Gasteiger partial charge < -0.3 is 15.7 Å². The van der Waals surface area contributed by atoms with Crippen LogP contribution in [0.1, 0.15) is 88.8 Å². The van der Waals surface area contributed by atoms with Gasteiger partial charge in [-0.1, -0.05) is 67.8 Å². The molecule has 1 fully saturated rings. The van der Waals surface area contributed by atoms with Crippen molar-refractivity contribution in [2.75, 3.05) is 0 Å². The number of alkyl halides is 6. The second-order valence-corrected chi connectivity index (χ2v) is 12.7. The third kappa shape index (κ3) is 9.56. The van der Waals surface area contributed by atoms with Crippen LogP contribution in [0.4, 0.5) is 26.3 Å². The van der Waals surface area contributed by atoms with Crippen LogP contribution < -0.4 is 10.6 Å². The molecule has 4 aromatic rings. The summed E-state index contributed by atoms with van der Waals surface area (Å²) in [5.41, 5.74) is 0.700. The van der Waals surface area contributed by atoms with Crippen molar-refractivity contribution >= 4 is 17.8 Å². The molecule has 1 aliphatic rings. The van der Waals surface area contributed by atoms with E-state index in [0.717, 1.165) is 60.9 Å². The lowest BCUT2D eigenvalue weighted by Crippen LogP contribution is -2.44. The first-order chi connectivity index (χ1) is 24.1. The number of halogens is 6. The lowest BCUT2D eigenvalue weighted by atomic mass is 9.84. The van der Waals surface area contributed by atoms with Gasteiger partial charge in [0.15, 0.2) is 0 Å². The molecule has 0 bridgehead atoms. The first kappa shape index (κ1) is 37.1. The Labute approximate surface area is 289 Å². The van der Waals surface area contributed by atoms with Crippen LogP contribution in [-0.4, -0.2) is 38.7 Å². The molecule has 1 aromatic heterocycles. The zero-order chi connectivity index (χ0) is 36.9. The maximum atomic E-state index is 13.6. The van der Waals surface area contributed by atoms with Gasteiger partial charge in [-0.2, -0.15) is 31.4 Å². The normalized spacial score (nSPS) is 15.2. The Morgan fingerprint density at radius 2 is 1.49 bits per heavy atom. The van der Waals surface area contributed by atoms with Gasteiger partial charge >= 0.3 is 18.3 Å². The van der Waals surface area contributed by atoms with E-state index in [1.807, 2.05) is 24.3 Å². The molecule has 5 rings (SSSR count). The van der Waals surface area contributed by atoms with Gasteiger partial charge in [0, 0.05) is 19.0 Å². The zero-order valence-electron chi connectivity index (χ0n) is 27.5. The summed E-state index contributed by atoms with van der Waals surface area (Å²) < 4.78 is 81.0. The number of carboxylic acid groups (broad SMARTS) is 1. The number of carboxylic acids is 1. The Morgan fingerprint density at radius 3 is 2.10 bits per heavy atom.